The number of carbonyl (C=O) groups excluding carboxylic acids is 1. The van der Waals surface area contributed by atoms with Crippen LogP contribution in [0.2, 0.25) is 0 Å². The fraction of sp³-hybridized carbons (Fsp3) is 0.143. The molecule has 0 saturated heterocycles. The number of nitrogens with one attached hydrogen (secondary N) is 1. The number of amides is 1. The number of ether oxygens (including phenoxy) is 1. The van der Waals surface area contributed by atoms with Crippen molar-refractivity contribution in [3.63, 3.8) is 0 Å². The van der Waals surface area contributed by atoms with Gasteiger partial charge in [-0.05, 0) is 61.0 Å². The molecule has 1 aliphatic rings. The van der Waals surface area contributed by atoms with Crippen molar-refractivity contribution in [2.75, 3.05) is 17.3 Å². The summed E-state index contributed by atoms with van der Waals surface area (Å²) in [6, 6.07) is 27.7. The zero-order chi connectivity index (χ0) is 23.5. The third-order valence-electron chi connectivity index (χ3n) is 5.87. The molecule has 1 amide bonds. The number of aryl methyl sites for hydroxylation is 1. The Morgan fingerprint density at radius 2 is 1.79 bits per heavy atom. The SMILES string of the molecule is COc1ccc([C@H]2Nc3ccccc3C(=O)N2c2ccc(C)cc2)cc1CSc1ccccn1. The molecule has 6 heteroatoms. The van der Waals surface area contributed by atoms with Crippen LogP contribution in [0, 0.1) is 6.92 Å². The monoisotopic (exact) mass is 467 g/mol. The number of fused-ring (bicyclic) bond motifs is 1. The van der Waals surface area contributed by atoms with Crippen LogP contribution in [0.3, 0.4) is 0 Å². The zero-order valence-electron chi connectivity index (χ0n) is 19.1. The van der Waals surface area contributed by atoms with E-state index in [9.17, 15) is 4.79 Å². The molecular formula is C28H25N3O2S. The summed E-state index contributed by atoms with van der Waals surface area (Å²) in [5.74, 6) is 1.50. The number of hydrogen-bond acceptors (Lipinski definition) is 5. The van der Waals surface area contributed by atoms with E-state index < -0.39 is 0 Å². The van der Waals surface area contributed by atoms with Gasteiger partial charge in [0.15, 0.2) is 0 Å². The second kappa shape index (κ2) is 9.61. The van der Waals surface area contributed by atoms with Crippen LogP contribution < -0.4 is 15.0 Å². The molecule has 2 heterocycles. The van der Waals surface area contributed by atoms with Crippen molar-refractivity contribution in [2.45, 2.75) is 23.9 Å². The molecule has 1 atom stereocenters. The molecule has 3 aromatic carbocycles. The van der Waals surface area contributed by atoms with E-state index in [1.165, 1.54) is 0 Å². The average molecular weight is 468 g/mol. The number of carbonyl (C=O) groups is 1. The fourth-order valence-electron chi connectivity index (χ4n) is 4.12. The molecule has 5 rings (SSSR count). The fourth-order valence-corrected chi connectivity index (χ4v) is 4.96. The highest BCUT2D eigenvalue weighted by molar-refractivity contribution is 7.98. The van der Waals surface area contributed by atoms with Crippen molar-refractivity contribution >= 4 is 29.0 Å². The second-order valence-corrected chi connectivity index (χ2v) is 9.13. The van der Waals surface area contributed by atoms with Gasteiger partial charge in [-0.3, -0.25) is 9.69 Å². The van der Waals surface area contributed by atoms with E-state index in [0.29, 0.717) is 11.3 Å². The number of aromatic nitrogens is 1. The van der Waals surface area contributed by atoms with Gasteiger partial charge in [0.2, 0.25) is 0 Å². The Morgan fingerprint density at radius 3 is 2.56 bits per heavy atom. The van der Waals surface area contributed by atoms with Crippen LogP contribution in [0.1, 0.15) is 33.2 Å². The normalized spacial score (nSPS) is 14.9. The average Bonchev–Trinajstić information content (AvgIpc) is 2.88. The molecule has 5 nitrogen and oxygen atoms in total. The summed E-state index contributed by atoms with van der Waals surface area (Å²) in [4.78, 5) is 19.9. The second-order valence-electron chi connectivity index (χ2n) is 8.13. The van der Waals surface area contributed by atoms with Crippen molar-refractivity contribution < 1.29 is 9.53 Å². The van der Waals surface area contributed by atoms with Crippen molar-refractivity contribution in [1.29, 1.82) is 0 Å². The van der Waals surface area contributed by atoms with Crippen LogP contribution in [-0.4, -0.2) is 18.0 Å². The number of thioether (sulfide) groups is 1. The number of anilines is 2. The molecule has 0 radical (unpaired) electrons. The van der Waals surface area contributed by atoms with E-state index in [-0.39, 0.29) is 12.1 Å². The molecule has 0 fully saturated rings. The number of nitrogens with zero attached hydrogens (tertiary/aromatic N) is 2. The van der Waals surface area contributed by atoms with E-state index in [4.69, 9.17) is 4.74 Å². The standard InChI is InChI=1S/C28H25N3O2S/c1-19-10-13-22(14-11-19)31-27(30-24-8-4-3-7-23(24)28(31)32)20-12-15-25(33-2)21(17-20)18-34-26-9-5-6-16-29-26/h3-17,27,30H,18H2,1-2H3/t27-/m0/s1. The quantitative estimate of drug-likeness (QED) is 0.330. The molecule has 34 heavy (non-hydrogen) atoms. The number of rotatable bonds is 6. The number of methoxy groups -OCH3 is 1. The van der Waals surface area contributed by atoms with Gasteiger partial charge < -0.3 is 10.1 Å². The predicted molar refractivity (Wildman–Crippen MR) is 138 cm³/mol. The lowest BCUT2D eigenvalue weighted by molar-refractivity contribution is 0.0975. The predicted octanol–water partition coefficient (Wildman–Crippen LogP) is 6.46. The number of hydrogen-bond donors (Lipinski definition) is 1. The largest absolute Gasteiger partial charge is 0.496 e. The summed E-state index contributed by atoms with van der Waals surface area (Å²) in [7, 11) is 1.68. The highest BCUT2D eigenvalue weighted by Crippen LogP contribution is 2.38. The van der Waals surface area contributed by atoms with Crippen LogP contribution in [0.5, 0.6) is 5.75 Å². The first-order valence-electron chi connectivity index (χ1n) is 11.1. The minimum absolute atomic E-state index is 0.0246. The van der Waals surface area contributed by atoms with Crippen molar-refractivity contribution in [3.05, 3.63) is 113 Å². The van der Waals surface area contributed by atoms with Crippen LogP contribution in [-0.2, 0) is 5.75 Å². The van der Waals surface area contributed by atoms with E-state index in [0.717, 1.165) is 38.8 Å². The molecule has 0 aliphatic carbocycles. The van der Waals surface area contributed by atoms with Gasteiger partial charge in [-0.1, -0.05) is 42.0 Å². The molecule has 1 aliphatic heterocycles. The van der Waals surface area contributed by atoms with Crippen LogP contribution >= 0.6 is 11.8 Å². The van der Waals surface area contributed by atoms with Gasteiger partial charge in [0.25, 0.3) is 5.91 Å². The highest BCUT2D eigenvalue weighted by atomic mass is 32.2. The Morgan fingerprint density at radius 1 is 1.00 bits per heavy atom. The molecule has 1 N–H and O–H groups in total. The minimum Gasteiger partial charge on any atom is -0.496 e. The summed E-state index contributed by atoms with van der Waals surface area (Å²) < 4.78 is 5.64. The van der Waals surface area contributed by atoms with E-state index >= 15 is 0 Å². The molecular weight excluding hydrogens is 442 g/mol. The maximum absolute atomic E-state index is 13.7. The molecule has 0 saturated carbocycles. The van der Waals surface area contributed by atoms with Crippen molar-refractivity contribution in [3.8, 4) is 5.75 Å². The van der Waals surface area contributed by atoms with Gasteiger partial charge in [-0.15, -0.1) is 11.8 Å². The maximum Gasteiger partial charge on any atom is 0.262 e. The Bertz CT molecular complexity index is 1310. The van der Waals surface area contributed by atoms with Gasteiger partial charge in [0.05, 0.1) is 17.7 Å². The Hall–Kier alpha value is -3.77. The molecule has 0 unspecified atom stereocenters. The molecule has 0 spiro atoms. The summed E-state index contributed by atoms with van der Waals surface area (Å²) in [6.07, 6.45) is 1.44. The lowest BCUT2D eigenvalue weighted by Gasteiger charge is -2.38. The Balaban J connectivity index is 1.54. The van der Waals surface area contributed by atoms with Crippen molar-refractivity contribution in [2.24, 2.45) is 0 Å². The summed E-state index contributed by atoms with van der Waals surface area (Å²) >= 11 is 1.65. The van der Waals surface area contributed by atoms with Gasteiger partial charge >= 0.3 is 0 Å². The third-order valence-corrected chi connectivity index (χ3v) is 6.86. The molecule has 170 valence electrons. The number of benzene rings is 3. The molecule has 4 aromatic rings. The zero-order valence-corrected chi connectivity index (χ0v) is 19.9. The van der Waals surface area contributed by atoms with Crippen LogP contribution in [0.25, 0.3) is 0 Å². The first-order chi connectivity index (χ1) is 16.6. The van der Waals surface area contributed by atoms with Gasteiger partial charge in [0.1, 0.15) is 11.9 Å². The smallest absolute Gasteiger partial charge is 0.262 e. The number of para-hydroxylation sites is 1. The Labute approximate surface area is 203 Å². The summed E-state index contributed by atoms with van der Waals surface area (Å²) in [5, 5.41) is 4.55. The maximum atomic E-state index is 13.7. The highest BCUT2D eigenvalue weighted by Gasteiger charge is 2.34. The first-order valence-corrected chi connectivity index (χ1v) is 12.1. The van der Waals surface area contributed by atoms with Gasteiger partial charge in [0, 0.05) is 28.9 Å². The van der Waals surface area contributed by atoms with E-state index in [2.05, 4.69) is 16.4 Å². The Kier molecular flexibility index (Phi) is 6.23. The summed E-state index contributed by atoms with van der Waals surface area (Å²) in [6.45, 7) is 2.04. The minimum atomic E-state index is -0.352. The van der Waals surface area contributed by atoms with E-state index in [1.807, 2.05) is 90.7 Å². The lowest BCUT2D eigenvalue weighted by atomic mass is 10.0. The topological polar surface area (TPSA) is 54.5 Å². The van der Waals surface area contributed by atoms with Gasteiger partial charge in [-0.2, -0.15) is 0 Å². The summed E-state index contributed by atoms with van der Waals surface area (Å²) in [5.41, 5.74) is 5.53. The van der Waals surface area contributed by atoms with Gasteiger partial charge in [-0.25, -0.2) is 4.98 Å². The van der Waals surface area contributed by atoms with E-state index in [1.54, 1.807) is 25.1 Å². The lowest BCUT2D eigenvalue weighted by Crippen LogP contribution is -2.43. The number of pyridine rings is 1. The van der Waals surface area contributed by atoms with Crippen LogP contribution in [0.4, 0.5) is 11.4 Å². The molecule has 1 aromatic heterocycles. The third kappa shape index (κ3) is 4.37. The molecule has 0 bridgehead atoms. The van der Waals surface area contributed by atoms with Crippen LogP contribution in [0.15, 0.2) is 96.2 Å². The van der Waals surface area contributed by atoms with Crippen molar-refractivity contribution in [1.82, 2.24) is 4.98 Å². The first kappa shape index (κ1) is 22.0.